The fourth-order valence-electron chi connectivity index (χ4n) is 1.70. The standard InChI is InChI=1S/C13H11BrN4O/c1-8-10(4-3-5-11(8)14)13(19)17-12-9(6-15)7-16-18(12)2/h3-5,7H,1-2H3,(H,17,19). The van der Waals surface area contributed by atoms with Gasteiger partial charge in [-0.3, -0.25) is 9.48 Å². The molecule has 19 heavy (non-hydrogen) atoms. The van der Waals surface area contributed by atoms with Crippen LogP contribution in [0.1, 0.15) is 21.5 Å². The highest BCUT2D eigenvalue weighted by Crippen LogP contribution is 2.21. The monoisotopic (exact) mass is 318 g/mol. The number of nitriles is 1. The van der Waals surface area contributed by atoms with Gasteiger partial charge in [-0.15, -0.1) is 0 Å². The van der Waals surface area contributed by atoms with E-state index in [1.165, 1.54) is 10.9 Å². The van der Waals surface area contributed by atoms with Gasteiger partial charge in [0.05, 0.1) is 6.20 Å². The third kappa shape index (κ3) is 2.51. The van der Waals surface area contributed by atoms with Gasteiger partial charge in [0, 0.05) is 17.1 Å². The number of nitrogens with one attached hydrogen (secondary N) is 1. The molecule has 0 radical (unpaired) electrons. The molecule has 0 saturated heterocycles. The fourth-order valence-corrected chi connectivity index (χ4v) is 2.06. The molecule has 6 heteroatoms. The molecule has 0 spiro atoms. The number of aryl methyl sites for hydroxylation is 1. The number of carbonyl (C=O) groups is 1. The van der Waals surface area contributed by atoms with E-state index in [2.05, 4.69) is 26.3 Å². The van der Waals surface area contributed by atoms with Crippen molar-refractivity contribution in [1.29, 1.82) is 5.26 Å². The van der Waals surface area contributed by atoms with Crippen LogP contribution in [0.2, 0.25) is 0 Å². The zero-order chi connectivity index (χ0) is 14.0. The normalized spacial score (nSPS) is 10.0. The molecule has 1 amide bonds. The molecule has 0 aliphatic carbocycles. The average Bonchev–Trinajstić information content (AvgIpc) is 2.74. The van der Waals surface area contributed by atoms with Crippen LogP contribution in [0.5, 0.6) is 0 Å². The maximum atomic E-state index is 12.2. The number of anilines is 1. The summed E-state index contributed by atoms with van der Waals surface area (Å²) >= 11 is 3.38. The molecule has 1 heterocycles. The lowest BCUT2D eigenvalue weighted by molar-refractivity contribution is 0.102. The van der Waals surface area contributed by atoms with Crippen molar-refractivity contribution in [2.75, 3.05) is 5.32 Å². The second-order valence-corrected chi connectivity index (χ2v) is 4.86. The minimum Gasteiger partial charge on any atom is -0.306 e. The van der Waals surface area contributed by atoms with E-state index in [0.29, 0.717) is 16.9 Å². The molecule has 0 bridgehead atoms. The van der Waals surface area contributed by atoms with E-state index < -0.39 is 0 Å². The van der Waals surface area contributed by atoms with Crippen LogP contribution >= 0.6 is 15.9 Å². The lowest BCUT2D eigenvalue weighted by atomic mass is 10.1. The maximum Gasteiger partial charge on any atom is 0.257 e. The smallest absolute Gasteiger partial charge is 0.257 e. The van der Waals surface area contributed by atoms with Gasteiger partial charge in [0.1, 0.15) is 17.5 Å². The van der Waals surface area contributed by atoms with Gasteiger partial charge >= 0.3 is 0 Å². The number of rotatable bonds is 2. The number of hydrogen-bond acceptors (Lipinski definition) is 3. The minimum atomic E-state index is -0.265. The number of carbonyl (C=O) groups excluding carboxylic acids is 1. The Balaban J connectivity index is 2.34. The third-order valence-corrected chi connectivity index (χ3v) is 3.66. The van der Waals surface area contributed by atoms with Crippen molar-refractivity contribution in [2.45, 2.75) is 6.92 Å². The molecule has 0 saturated carbocycles. The molecule has 0 aliphatic heterocycles. The molecule has 1 aromatic carbocycles. The van der Waals surface area contributed by atoms with Crippen molar-refractivity contribution in [3.63, 3.8) is 0 Å². The molecule has 0 aliphatic rings. The van der Waals surface area contributed by atoms with Crippen molar-refractivity contribution < 1.29 is 4.79 Å². The molecule has 2 rings (SSSR count). The van der Waals surface area contributed by atoms with Gasteiger partial charge in [0.25, 0.3) is 5.91 Å². The lowest BCUT2D eigenvalue weighted by Crippen LogP contribution is -2.16. The quantitative estimate of drug-likeness (QED) is 0.925. The molecular weight excluding hydrogens is 308 g/mol. The predicted molar refractivity (Wildman–Crippen MR) is 74.8 cm³/mol. The Bertz CT molecular complexity index is 684. The van der Waals surface area contributed by atoms with Gasteiger partial charge in [-0.1, -0.05) is 22.0 Å². The summed E-state index contributed by atoms with van der Waals surface area (Å²) in [4.78, 5) is 12.2. The highest BCUT2D eigenvalue weighted by atomic mass is 79.9. The first-order valence-electron chi connectivity index (χ1n) is 5.53. The topological polar surface area (TPSA) is 70.7 Å². The van der Waals surface area contributed by atoms with Crippen LogP contribution in [0.25, 0.3) is 0 Å². The van der Waals surface area contributed by atoms with Gasteiger partial charge < -0.3 is 5.32 Å². The van der Waals surface area contributed by atoms with Gasteiger partial charge in [0.2, 0.25) is 0 Å². The van der Waals surface area contributed by atoms with Crippen molar-refractivity contribution in [2.24, 2.45) is 7.05 Å². The van der Waals surface area contributed by atoms with E-state index >= 15 is 0 Å². The zero-order valence-electron chi connectivity index (χ0n) is 10.4. The number of hydrogen-bond donors (Lipinski definition) is 1. The number of benzene rings is 1. The van der Waals surface area contributed by atoms with Crippen molar-refractivity contribution in [1.82, 2.24) is 9.78 Å². The first-order chi connectivity index (χ1) is 9.04. The Hall–Kier alpha value is -2.13. The van der Waals surface area contributed by atoms with Crippen LogP contribution in [0.3, 0.4) is 0 Å². The molecule has 0 atom stereocenters. The molecule has 5 nitrogen and oxygen atoms in total. The predicted octanol–water partition coefficient (Wildman–Crippen LogP) is 2.62. The number of aromatic nitrogens is 2. The fraction of sp³-hybridized carbons (Fsp3) is 0.154. The summed E-state index contributed by atoms with van der Waals surface area (Å²) in [5.74, 6) is 0.130. The second kappa shape index (κ2) is 5.24. The first-order valence-corrected chi connectivity index (χ1v) is 6.32. The zero-order valence-corrected chi connectivity index (χ0v) is 12.0. The van der Waals surface area contributed by atoms with E-state index in [-0.39, 0.29) is 5.91 Å². The molecule has 1 N–H and O–H groups in total. The van der Waals surface area contributed by atoms with Gasteiger partial charge in [0.15, 0.2) is 0 Å². The van der Waals surface area contributed by atoms with Crippen molar-refractivity contribution >= 4 is 27.7 Å². The number of halogens is 1. The van der Waals surface area contributed by atoms with E-state index in [1.807, 2.05) is 19.1 Å². The van der Waals surface area contributed by atoms with Crippen LogP contribution in [-0.2, 0) is 7.05 Å². The Labute approximate surface area is 119 Å². The maximum absolute atomic E-state index is 12.2. The molecule has 0 unspecified atom stereocenters. The Morgan fingerprint density at radius 3 is 2.95 bits per heavy atom. The average molecular weight is 319 g/mol. The molecule has 2 aromatic rings. The van der Waals surface area contributed by atoms with Gasteiger partial charge in [-0.2, -0.15) is 10.4 Å². The molecule has 1 aromatic heterocycles. The number of amides is 1. The van der Waals surface area contributed by atoms with Crippen molar-refractivity contribution in [3.8, 4) is 6.07 Å². The minimum absolute atomic E-state index is 0.265. The second-order valence-electron chi connectivity index (χ2n) is 4.01. The summed E-state index contributed by atoms with van der Waals surface area (Å²) in [5.41, 5.74) is 1.74. The highest BCUT2D eigenvalue weighted by molar-refractivity contribution is 9.10. The lowest BCUT2D eigenvalue weighted by Gasteiger charge is -2.09. The summed E-state index contributed by atoms with van der Waals surface area (Å²) in [6.45, 7) is 1.85. The van der Waals surface area contributed by atoms with Gasteiger partial charge in [-0.05, 0) is 24.6 Å². The summed E-state index contributed by atoms with van der Waals surface area (Å²) in [5, 5.41) is 15.6. The Morgan fingerprint density at radius 1 is 1.53 bits per heavy atom. The van der Waals surface area contributed by atoms with E-state index in [1.54, 1.807) is 19.2 Å². The van der Waals surface area contributed by atoms with Crippen molar-refractivity contribution in [3.05, 3.63) is 45.6 Å². The Kier molecular flexibility index (Phi) is 3.67. The number of nitrogens with zero attached hydrogens (tertiary/aromatic N) is 3. The van der Waals surface area contributed by atoms with Crippen LogP contribution in [0.4, 0.5) is 5.82 Å². The largest absolute Gasteiger partial charge is 0.306 e. The summed E-state index contributed by atoms with van der Waals surface area (Å²) in [7, 11) is 1.67. The van der Waals surface area contributed by atoms with E-state index in [9.17, 15) is 4.79 Å². The highest BCUT2D eigenvalue weighted by Gasteiger charge is 2.15. The van der Waals surface area contributed by atoms with Gasteiger partial charge in [-0.25, -0.2) is 0 Å². The van der Waals surface area contributed by atoms with E-state index in [4.69, 9.17) is 5.26 Å². The molecular formula is C13H11BrN4O. The van der Waals surface area contributed by atoms with Crippen LogP contribution in [0.15, 0.2) is 28.9 Å². The molecule has 0 fully saturated rings. The summed E-state index contributed by atoms with van der Waals surface area (Å²) in [6.07, 6.45) is 1.42. The first kappa shape index (κ1) is 13.3. The van der Waals surface area contributed by atoms with Crippen LogP contribution in [0, 0.1) is 18.3 Å². The summed E-state index contributed by atoms with van der Waals surface area (Å²) < 4.78 is 2.33. The van der Waals surface area contributed by atoms with Crippen LogP contribution in [-0.4, -0.2) is 15.7 Å². The SMILES string of the molecule is Cc1c(Br)cccc1C(=O)Nc1c(C#N)cnn1C. The Morgan fingerprint density at radius 2 is 2.26 bits per heavy atom. The third-order valence-electron chi connectivity index (χ3n) is 2.80. The van der Waals surface area contributed by atoms with E-state index in [0.717, 1.165) is 10.0 Å². The summed E-state index contributed by atoms with van der Waals surface area (Å²) in [6, 6.07) is 7.39. The molecule has 96 valence electrons. The van der Waals surface area contributed by atoms with Crippen LogP contribution < -0.4 is 5.32 Å².